The van der Waals surface area contributed by atoms with Gasteiger partial charge in [0.15, 0.2) is 11.7 Å². The molecule has 8 nitrogen and oxygen atoms in total. The van der Waals surface area contributed by atoms with Crippen molar-refractivity contribution in [2.75, 3.05) is 11.9 Å². The van der Waals surface area contributed by atoms with E-state index in [2.05, 4.69) is 31.3 Å². The quantitative estimate of drug-likeness (QED) is 0.272. The van der Waals surface area contributed by atoms with E-state index in [9.17, 15) is 4.79 Å². The molecule has 0 spiro atoms. The lowest BCUT2D eigenvalue weighted by Crippen LogP contribution is -2.45. The summed E-state index contributed by atoms with van der Waals surface area (Å²) < 4.78 is 5.47. The second-order valence-corrected chi connectivity index (χ2v) is 7.79. The van der Waals surface area contributed by atoms with Gasteiger partial charge in [-0.1, -0.05) is 77.4 Å². The van der Waals surface area contributed by atoms with Crippen molar-refractivity contribution < 1.29 is 9.53 Å². The Hall–Kier alpha value is -4.08. The third-order valence-corrected chi connectivity index (χ3v) is 4.97. The van der Waals surface area contributed by atoms with Crippen LogP contribution in [0.25, 0.3) is 22.5 Å². The molecule has 0 fully saturated rings. The van der Waals surface area contributed by atoms with Crippen LogP contribution in [-0.4, -0.2) is 32.8 Å². The molecule has 0 bridgehead atoms. The van der Waals surface area contributed by atoms with E-state index in [-0.39, 0.29) is 17.7 Å². The highest BCUT2D eigenvalue weighted by Gasteiger charge is 2.15. The Labute approximate surface area is 206 Å². The molecule has 10 heteroatoms. The third-order valence-electron chi connectivity index (χ3n) is 4.51. The SMILES string of the molecule is O=C(COc1nnc(-c2ccccc2)c(-c2ccccc2)n1)NNC(=S)Nc1ccc(Cl)cc1. The Morgan fingerprint density at radius 1 is 0.824 bits per heavy atom. The number of hydrogen-bond acceptors (Lipinski definition) is 6. The lowest BCUT2D eigenvalue weighted by atomic mass is 10.0. The zero-order valence-corrected chi connectivity index (χ0v) is 19.3. The standard InChI is InChI=1S/C24H19ClN6O2S/c25-18-11-13-19(14-12-18)26-24(34)31-28-20(32)15-33-23-27-21(16-7-3-1-4-8-16)22(29-30-23)17-9-5-2-6-10-17/h1-14H,15H2,(H,28,32)(H2,26,31,34). The molecule has 0 radical (unpaired) electrons. The molecule has 34 heavy (non-hydrogen) atoms. The van der Waals surface area contributed by atoms with Gasteiger partial charge in [-0.25, -0.2) is 0 Å². The van der Waals surface area contributed by atoms with Crippen LogP contribution in [0, 0.1) is 0 Å². The molecule has 0 saturated heterocycles. The number of hydrazine groups is 1. The number of ether oxygens (including phenoxy) is 1. The second kappa shape index (κ2) is 11.2. The van der Waals surface area contributed by atoms with Gasteiger partial charge in [0.25, 0.3) is 5.91 Å². The van der Waals surface area contributed by atoms with Crippen LogP contribution in [0.15, 0.2) is 84.9 Å². The van der Waals surface area contributed by atoms with E-state index in [0.29, 0.717) is 16.4 Å². The molecule has 0 aliphatic heterocycles. The van der Waals surface area contributed by atoms with Crippen LogP contribution >= 0.6 is 23.8 Å². The summed E-state index contributed by atoms with van der Waals surface area (Å²) >= 11 is 11.0. The first kappa shape index (κ1) is 23.1. The maximum atomic E-state index is 12.2. The van der Waals surface area contributed by atoms with E-state index in [1.54, 1.807) is 24.3 Å². The molecule has 4 rings (SSSR count). The van der Waals surface area contributed by atoms with Gasteiger partial charge in [-0.05, 0) is 36.5 Å². The summed E-state index contributed by atoms with van der Waals surface area (Å²) in [5, 5.41) is 12.1. The van der Waals surface area contributed by atoms with Crippen molar-refractivity contribution in [2.24, 2.45) is 0 Å². The van der Waals surface area contributed by atoms with Gasteiger partial charge in [0.05, 0.1) is 0 Å². The number of rotatable bonds is 6. The molecule has 1 amide bonds. The Kier molecular flexibility index (Phi) is 7.59. The molecule has 0 aliphatic carbocycles. The molecule has 0 saturated carbocycles. The summed E-state index contributed by atoms with van der Waals surface area (Å²) in [5.41, 5.74) is 8.71. The van der Waals surface area contributed by atoms with E-state index in [4.69, 9.17) is 28.6 Å². The van der Waals surface area contributed by atoms with E-state index in [0.717, 1.165) is 16.8 Å². The highest BCUT2D eigenvalue weighted by atomic mass is 35.5. The van der Waals surface area contributed by atoms with Gasteiger partial charge in [-0.15, -0.1) is 5.10 Å². The Bertz CT molecular complexity index is 1270. The van der Waals surface area contributed by atoms with E-state index < -0.39 is 5.91 Å². The summed E-state index contributed by atoms with van der Waals surface area (Å²) in [5.74, 6) is -0.475. The van der Waals surface area contributed by atoms with Gasteiger partial charge in [-0.2, -0.15) is 4.98 Å². The van der Waals surface area contributed by atoms with Gasteiger partial charge in [0.1, 0.15) is 11.4 Å². The van der Waals surface area contributed by atoms with E-state index in [1.807, 2.05) is 60.7 Å². The van der Waals surface area contributed by atoms with Crippen LogP contribution in [0.4, 0.5) is 5.69 Å². The highest BCUT2D eigenvalue weighted by Crippen LogP contribution is 2.29. The van der Waals surface area contributed by atoms with Crippen molar-refractivity contribution in [3.05, 3.63) is 90.0 Å². The number of carbonyl (C=O) groups excluding carboxylic acids is 1. The molecule has 3 N–H and O–H groups in total. The molecule has 4 aromatic rings. The highest BCUT2D eigenvalue weighted by molar-refractivity contribution is 7.80. The zero-order valence-electron chi connectivity index (χ0n) is 17.7. The topological polar surface area (TPSA) is 101 Å². The summed E-state index contributed by atoms with van der Waals surface area (Å²) in [7, 11) is 0. The molecule has 3 aromatic carbocycles. The fourth-order valence-electron chi connectivity index (χ4n) is 2.95. The molecule has 0 aliphatic rings. The predicted octanol–water partition coefficient (Wildman–Crippen LogP) is 4.26. The number of thiocarbonyl (C=S) groups is 1. The average molecular weight is 491 g/mol. The lowest BCUT2D eigenvalue weighted by molar-refractivity contribution is -0.123. The molecule has 1 aromatic heterocycles. The Balaban J connectivity index is 1.38. The third kappa shape index (κ3) is 6.25. The number of nitrogens with zero attached hydrogens (tertiary/aromatic N) is 3. The minimum absolute atomic E-state index is 0.0180. The number of hydrogen-bond donors (Lipinski definition) is 3. The first-order valence-electron chi connectivity index (χ1n) is 10.2. The van der Waals surface area contributed by atoms with Gasteiger partial charge in [-0.3, -0.25) is 15.6 Å². The summed E-state index contributed by atoms with van der Waals surface area (Å²) in [6, 6.07) is 26.1. The number of halogens is 1. The van der Waals surface area contributed by atoms with Crippen LogP contribution in [0.1, 0.15) is 0 Å². The summed E-state index contributed by atoms with van der Waals surface area (Å²) in [6.45, 7) is -0.336. The monoisotopic (exact) mass is 490 g/mol. The van der Waals surface area contributed by atoms with Crippen molar-refractivity contribution >= 4 is 40.5 Å². The average Bonchev–Trinajstić information content (AvgIpc) is 2.88. The largest absolute Gasteiger partial charge is 0.452 e. The molecule has 170 valence electrons. The van der Waals surface area contributed by atoms with Crippen LogP contribution < -0.4 is 20.9 Å². The van der Waals surface area contributed by atoms with E-state index >= 15 is 0 Å². The van der Waals surface area contributed by atoms with Crippen LogP contribution in [0.3, 0.4) is 0 Å². The summed E-state index contributed by atoms with van der Waals surface area (Å²) in [6.07, 6.45) is 0. The number of benzene rings is 3. The van der Waals surface area contributed by atoms with Gasteiger partial charge >= 0.3 is 6.01 Å². The first-order chi connectivity index (χ1) is 16.6. The first-order valence-corrected chi connectivity index (χ1v) is 11.0. The van der Waals surface area contributed by atoms with Gasteiger partial charge in [0.2, 0.25) is 0 Å². The number of anilines is 1. The molecular formula is C24H19ClN6O2S. The lowest BCUT2D eigenvalue weighted by Gasteiger charge is -2.12. The number of nitrogens with one attached hydrogen (secondary N) is 3. The fourth-order valence-corrected chi connectivity index (χ4v) is 3.24. The van der Waals surface area contributed by atoms with Crippen molar-refractivity contribution in [2.45, 2.75) is 0 Å². The van der Waals surface area contributed by atoms with Crippen LogP contribution in [-0.2, 0) is 4.79 Å². The normalized spacial score (nSPS) is 10.3. The molecule has 1 heterocycles. The maximum Gasteiger partial charge on any atom is 0.336 e. The van der Waals surface area contributed by atoms with Crippen molar-refractivity contribution in [1.29, 1.82) is 0 Å². The second-order valence-electron chi connectivity index (χ2n) is 6.95. The van der Waals surface area contributed by atoms with Crippen molar-refractivity contribution in [3.63, 3.8) is 0 Å². The number of carbonyl (C=O) groups is 1. The van der Waals surface area contributed by atoms with Crippen molar-refractivity contribution in [1.82, 2.24) is 26.0 Å². The minimum atomic E-state index is -0.475. The number of amides is 1. The minimum Gasteiger partial charge on any atom is -0.452 e. The molecule has 0 atom stereocenters. The Morgan fingerprint density at radius 3 is 2.09 bits per heavy atom. The fraction of sp³-hybridized carbons (Fsp3) is 0.0417. The zero-order chi connectivity index (χ0) is 23.8. The van der Waals surface area contributed by atoms with E-state index in [1.165, 1.54) is 0 Å². The Morgan fingerprint density at radius 2 is 1.44 bits per heavy atom. The van der Waals surface area contributed by atoms with Gasteiger partial charge < -0.3 is 10.1 Å². The molecule has 0 unspecified atom stereocenters. The van der Waals surface area contributed by atoms with Crippen LogP contribution in [0.5, 0.6) is 6.01 Å². The van der Waals surface area contributed by atoms with Gasteiger partial charge in [0, 0.05) is 21.8 Å². The molecular weight excluding hydrogens is 472 g/mol. The van der Waals surface area contributed by atoms with Crippen molar-refractivity contribution in [3.8, 4) is 28.5 Å². The maximum absolute atomic E-state index is 12.2. The smallest absolute Gasteiger partial charge is 0.336 e. The predicted molar refractivity (Wildman–Crippen MR) is 135 cm³/mol. The number of aromatic nitrogens is 3. The summed E-state index contributed by atoms with van der Waals surface area (Å²) in [4.78, 5) is 16.7. The van der Waals surface area contributed by atoms with Crippen LogP contribution in [0.2, 0.25) is 5.02 Å².